The van der Waals surface area contributed by atoms with Crippen molar-refractivity contribution in [3.05, 3.63) is 71.7 Å². The fourth-order valence-corrected chi connectivity index (χ4v) is 4.36. The predicted octanol–water partition coefficient (Wildman–Crippen LogP) is 5.48. The number of ketones is 1. The van der Waals surface area contributed by atoms with E-state index in [1.165, 1.54) is 13.8 Å². The molecule has 0 aliphatic carbocycles. The van der Waals surface area contributed by atoms with Gasteiger partial charge in [0.2, 0.25) is 0 Å². The van der Waals surface area contributed by atoms with Gasteiger partial charge in [-0.25, -0.2) is 4.98 Å². The predicted molar refractivity (Wildman–Crippen MR) is 137 cm³/mol. The van der Waals surface area contributed by atoms with Crippen LogP contribution in [0.4, 0.5) is 6.01 Å². The fraction of sp³-hybridized carbons (Fsp3) is 0.286. The van der Waals surface area contributed by atoms with Crippen molar-refractivity contribution in [3.63, 3.8) is 0 Å². The number of fused-ring (bicyclic) bond motifs is 1. The van der Waals surface area contributed by atoms with E-state index in [9.17, 15) is 14.9 Å². The van der Waals surface area contributed by atoms with E-state index in [0.29, 0.717) is 23.9 Å². The Morgan fingerprint density at radius 3 is 2.43 bits per heavy atom. The Labute approximate surface area is 214 Å². The molecule has 0 saturated heterocycles. The Morgan fingerprint density at radius 1 is 1.08 bits per heavy atom. The summed E-state index contributed by atoms with van der Waals surface area (Å²) < 4.78 is 11.3. The van der Waals surface area contributed by atoms with Gasteiger partial charge in [0.05, 0.1) is 5.52 Å². The van der Waals surface area contributed by atoms with E-state index in [4.69, 9.17) is 9.15 Å². The van der Waals surface area contributed by atoms with E-state index in [2.05, 4.69) is 26.6 Å². The summed E-state index contributed by atoms with van der Waals surface area (Å²) in [5.74, 6) is -0.479. The number of hydrogen-bond donors (Lipinski definition) is 1. The van der Waals surface area contributed by atoms with Gasteiger partial charge in [0.1, 0.15) is 17.8 Å². The van der Waals surface area contributed by atoms with Gasteiger partial charge in [-0.05, 0) is 48.6 Å². The number of nitrogens with zero attached hydrogens (tertiary/aromatic N) is 4. The summed E-state index contributed by atoms with van der Waals surface area (Å²) in [5.41, 5.74) is 2.28. The highest BCUT2D eigenvalue weighted by atomic mass is 16.6. The van der Waals surface area contributed by atoms with Crippen molar-refractivity contribution in [2.45, 2.75) is 52.2 Å². The molecule has 0 spiro atoms. The smallest absolute Gasteiger partial charge is 0.316 e. The summed E-state index contributed by atoms with van der Waals surface area (Å²) in [6.07, 6.45) is 0.893. The minimum Gasteiger partial charge on any atom is -0.449 e. The van der Waals surface area contributed by atoms with Crippen LogP contribution < -0.4 is 5.32 Å². The fourth-order valence-electron chi connectivity index (χ4n) is 4.36. The molecule has 2 heterocycles. The van der Waals surface area contributed by atoms with Crippen molar-refractivity contribution in [3.8, 4) is 17.2 Å². The number of pyridine rings is 1. The van der Waals surface area contributed by atoms with Gasteiger partial charge in [-0.15, -0.1) is 5.10 Å². The number of nitrogens with one attached hydrogen (secondary N) is 1. The number of anilines is 1. The number of benzene rings is 2. The van der Waals surface area contributed by atoms with Crippen molar-refractivity contribution >= 4 is 28.7 Å². The lowest BCUT2D eigenvalue weighted by Gasteiger charge is -2.26. The molecule has 2 aromatic carbocycles. The van der Waals surface area contributed by atoms with Crippen LogP contribution in [0.25, 0.3) is 22.0 Å². The third kappa shape index (κ3) is 5.19. The highest BCUT2D eigenvalue weighted by Gasteiger charge is 2.38. The lowest BCUT2D eigenvalue weighted by molar-refractivity contribution is -0.162. The second-order valence-corrected chi connectivity index (χ2v) is 8.70. The van der Waals surface area contributed by atoms with Gasteiger partial charge in [0, 0.05) is 12.3 Å². The summed E-state index contributed by atoms with van der Waals surface area (Å²) in [5, 5.41) is 21.6. The van der Waals surface area contributed by atoms with Crippen molar-refractivity contribution in [1.29, 1.82) is 5.26 Å². The maximum absolute atomic E-state index is 12.7. The van der Waals surface area contributed by atoms with Crippen LogP contribution in [0.1, 0.15) is 63.7 Å². The van der Waals surface area contributed by atoms with Crippen LogP contribution in [0.2, 0.25) is 0 Å². The van der Waals surface area contributed by atoms with Gasteiger partial charge >= 0.3 is 12.0 Å². The average molecular weight is 498 g/mol. The molecule has 0 saturated carbocycles. The molecule has 2 aromatic heterocycles. The average Bonchev–Trinajstić information content (AvgIpc) is 3.39. The number of carbonyl (C=O) groups is 2. The number of carbonyl (C=O) groups excluding carboxylic acids is 2. The molecule has 0 radical (unpaired) electrons. The van der Waals surface area contributed by atoms with Crippen LogP contribution >= 0.6 is 0 Å². The van der Waals surface area contributed by atoms with Gasteiger partial charge in [0.25, 0.3) is 5.89 Å². The molecule has 1 N–H and O–H groups in total. The lowest BCUT2D eigenvalue weighted by Crippen LogP contribution is -2.30. The zero-order valence-electron chi connectivity index (χ0n) is 21.1. The summed E-state index contributed by atoms with van der Waals surface area (Å²) in [4.78, 5) is 28.8. The van der Waals surface area contributed by atoms with Crippen molar-refractivity contribution in [1.82, 2.24) is 15.2 Å². The van der Waals surface area contributed by atoms with Gasteiger partial charge in [-0.1, -0.05) is 61.4 Å². The highest BCUT2D eigenvalue weighted by Crippen LogP contribution is 2.35. The van der Waals surface area contributed by atoms with Crippen LogP contribution in [0.5, 0.6) is 0 Å². The number of Topliss-reactive ketones (excluding diaryl/α,β-unsaturated/α-hetero) is 1. The largest absolute Gasteiger partial charge is 0.449 e. The number of ether oxygens (including phenoxy) is 1. The van der Waals surface area contributed by atoms with E-state index in [0.717, 1.165) is 16.5 Å². The van der Waals surface area contributed by atoms with Crippen LogP contribution in [0.15, 0.2) is 59.0 Å². The topological polar surface area (TPSA) is 131 Å². The number of rotatable bonds is 9. The van der Waals surface area contributed by atoms with Gasteiger partial charge in [-0.2, -0.15) is 5.26 Å². The van der Waals surface area contributed by atoms with Gasteiger partial charge in [-0.3, -0.25) is 9.59 Å². The minimum absolute atomic E-state index is 0.0254. The molecule has 1 unspecified atom stereocenters. The van der Waals surface area contributed by atoms with E-state index >= 15 is 0 Å². The molecule has 37 heavy (non-hydrogen) atoms. The van der Waals surface area contributed by atoms with Gasteiger partial charge < -0.3 is 14.5 Å². The van der Waals surface area contributed by atoms with Crippen molar-refractivity contribution < 1.29 is 18.7 Å². The molecular weight excluding hydrogens is 470 g/mol. The van der Waals surface area contributed by atoms with E-state index in [1.807, 2.05) is 56.3 Å². The zero-order valence-corrected chi connectivity index (χ0v) is 21.1. The second kappa shape index (κ2) is 10.6. The first kappa shape index (κ1) is 25.5. The standard InChI is InChI=1S/C28H27N5O4/c1-5-28(6-2,37-18(4)35)26-32-33-27(36-26)31-25(17(3)34)20-12-13-22-23(19-10-8-7-9-11-19)15-21(16-29)30-24(22)14-20/h7-15,25H,5-6H2,1-4H3,(H,31,33). The first-order valence-corrected chi connectivity index (χ1v) is 12.0. The molecule has 9 heteroatoms. The number of esters is 1. The Hall–Kier alpha value is -4.58. The molecule has 9 nitrogen and oxygen atoms in total. The summed E-state index contributed by atoms with van der Waals surface area (Å²) in [7, 11) is 0. The molecule has 0 aliphatic heterocycles. The molecule has 0 aliphatic rings. The zero-order chi connectivity index (χ0) is 26.6. The van der Waals surface area contributed by atoms with E-state index in [-0.39, 0.29) is 23.4 Å². The number of hydrogen-bond acceptors (Lipinski definition) is 9. The SMILES string of the molecule is CCC(CC)(OC(C)=O)c1nnc(NC(C(C)=O)c2ccc3c(-c4ccccc4)cc(C#N)nc3c2)o1. The highest BCUT2D eigenvalue weighted by molar-refractivity contribution is 5.96. The maximum atomic E-state index is 12.7. The van der Waals surface area contributed by atoms with Crippen molar-refractivity contribution in [2.24, 2.45) is 0 Å². The first-order valence-electron chi connectivity index (χ1n) is 12.0. The Balaban J connectivity index is 1.71. The molecular formula is C28H27N5O4. The molecule has 0 bridgehead atoms. The van der Waals surface area contributed by atoms with E-state index in [1.54, 1.807) is 12.1 Å². The van der Waals surface area contributed by atoms with Crippen LogP contribution in [0, 0.1) is 11.3 Å². The summed E-state index contributed by atoms with van der Waals surface area (Å²) >= 11 is 0. The Kier molecular flexibility index (Phi) is 7.30. The molecule has 4 rings (SSSR count). The molecule has 188 valence electrons. The van der Waals surface area contributed by atoms with Crippen molar-refractivity contribution in [2.75, 3.05) is 5.32 Å². The molecule has 1 atom stereocenters. The van der Waals surface area contributed by atoms with E-state index < -0.39 is 17.6 Å². The molecule has 0 fully saturated rings. The minimum atomic E-state index is -1.04. The maximum Gasteiger partial charge on any atom is 0.316 e. The first-order chi connectivity index (χ1) is 17.8. The van der Waals surface area contributed by atoms with Crippen LogP contribution in [0.3, 0.4) is 0 Å². The monoisotopic (exact) mass is 497 g/mol. The Morgan fingerprint density at radius 2 is 1.81 bits per heavy atom. The molecule has 0 amide bonds. The van der Waals surface area contributed by atoms with Crippen LogP contribution in [-0.2, 0) is 19.9 Å². The molecule has 4 aromatic rings. The normalized spacial score (nSPS) is 12.1. The third-order valence-electron chi connectivity index (χ3n) is 6.34. The summed E-state index contributed by atoms with van der Waals surface area (Å²) in [6, 6.07) is 18.3. The second-order valence-electron chi connectivity index (χ2n) is 8.70. The summed E-state index contributed by atoms with van der Waals surface area (Å²) in [6.45, 7) is 6.51. The third-order valence-corrected chi connectivity index (χ3v) is 6.34. The quantitative estimate of drug-likeness (QED) is 0.299. The van der Waals surface area contributed by atoms with Crippen LogP contribution in [-0.4, -0.2) is 26.9 Å². The lowest BCUT2D eigenvalue weighted by atomic mass is 9.96. The van der Waals surface area contributed by atoms with Gasteiger partial charge in [0.15, 0.2) is 11.4 Å². The number of aromatic nitrogens is 3. The number of nitriles is 1. The Bertz CT molecular complexity index is 1490.